The summed E-state index contributed by atoms with van der Waals surface area (Å²) in [6, 6.07) is 11.0. The van der Waals surface area contributed by atoms with Crippen molar-refractivity contribution in [3.05, 3.63) is 111 Å². The number of pyridine rings is 2. The van der Waals surface area contributed by atoms with Crippen molar-refractivity contribution in [3.8, 4) is 5.88 Å². The second-order valence-corrected chi connectivity index (χ2v) is 9.78. The Morgan fingerprint density at radius 1 is 0.881 bits per heavy atom. The molecule has 0 amide bonds. The van der Waals surface area contributed by atoms with Gasteiger partial charge in [-0.25, -0.2) is 9.67 Å². The van der Waals surface area contributed by atoms with Gasteiger partial charge in [0.05, 0.1) is 35.1 Å². The quantitative estimate of drug-likeness (QED) is 0.227. The molecule has 0 fully saturated rings. The summed E-state index contributed by atoms with van der Waals surface area (Å²) in [5.41, 5.74) is -2.42. The number of benzene rings is 2. The minimum Gasteiger partial charge on any atom is -0.481 e. The van der Waals surface area contributed by atoms with Gasteiger partial charge in [-0.05, 0) is 41.5 Å². The number of aliphatic hydroxyl groups is 1. The van der Waals surface area contributed by atoms with Crippen molar-refractivity contribution < 1.29 is 36.2 Å². The van der Waals surface area contributed by atoms with Gasteiger partial charge in [-0.2, -0.15) is 26.3 Å². The van der Waals surface area contributed by atoms with Crippen LogP contribution in [0.5, 0.6) is 5.88 Å². The van der Waals surface area contributed by atoms with Crippen molar-refractivity contribution in [1.29, 1.82) is 0 Å². The first-order valence-electron chi connectivity index (χ1n) is 12.2. The number of ether oxygens (including phenoxy) is 1. The molecule has 5 rings (SSSR count). The molecule has 1 atom stereocenters. The molecule has 218 valence electrons. The second-order valence-electron chi connectivity index (χ2n) is 9.40. The van der Waals surface area contributed by atoms with Gasteiger partial charge in [0.15, 0.2) is 5.60 Å². The van der Waals surface area contributed by atoms with Gasteiger partial charge in [0.2, 0.25) is 5.88 Å². The lowest BCUT2D eigenvalue weighted by Gasteiger charge is -2.29. The molecule has 0 aliphatic rings. The van der Waals surface area contributed by atoms with Crippen LogP contribution in [-0.4, -0.2) is 37.2 Å². The van der Waals surface area contributed by atoms with Crippen molar-refractivity contribution in [3.63, 3.8) is 0 Å². The fraction of sp³-hybridized carbons (Fsp3) is 0.214. The highest BCUT2D eigenvalue weighted by atomic mass is 35.5. The maximum Gasteiger partial charge on any atom is 0.433 e. The molecule has 42 heavy (non-hydrogen) atoms. The maximum atomic E-state index is 13.2. The normalized spacial score (nSPS) is 13.8. The molecule has 1 unspecified atom stereocenters. The molecule has 0 saturated heterocycles. The highest BCUT2D eigenvalue weighted by molar-refractivity contribution is 6.36. The summed E-state index contributed by atoms with van der Waals surface area (Å²) in [6.07, 6.45) is -6.91. The van der Waals surface area contributed by atoms with Crippen LogP contribution in [0.3, 0.4) is 0 Å². The lowest BCUT2D eigenvalue weighted by molar-refractivity contribution is -0.141. The van der Waals surface area contributed by atoms with E-state index in [1.165, 1.54) is 49.3 Å². The molecule has 0 spiro atoms. The standard InChI is InChI=1S/C28H20ClF6N5O2/c1-40-23(14-37-39-40)26(41,18-8-10-22(36-13-18)28(33,34)35)17-7-9-21-19(12-17)24(29)20(25(38-21)42-2)11-15-3-5-16(6-4-15)27(30,31)32/h3-10,12-14,41H,11H2,1-2H3. The van der Waals surface area contributed by atoms with Crippen LogP contribution in [0, 0.1) is 0 Å². The Morgan fingerprint density at radius 3 is 2.10 bits per heavy atom. The van der Waals surface area contributed by atoms with E-state index in [-0.39, 0.29) is 34.1 Å². The van der Waals surface area contributed by atoms with Gasteiger partial charge >= 0.3 is 12.4 Å². The van der Waals surface area contributed by atoms with Crippen LogP contribution >= 0.6 is 11.6 Å². The summed E-state index contributed by atoms with van der Waals surface area (Å²) in [6.45, 7) is 0. The SMILES string of the molecule is COc1nc2ccc(C(O)(c3ccc(C(F)(F)F)nc3)c3cnnn3C)cc2c(Cl)c1Cc1ccc(C(F)(F)F)cc1. The van der Waals surface area contributed by atoms with E-state index >= 15 is 0 Å². The minimum atomic E-state index is -4.69. The molecule has 0 radical (unpaired) electrons. The summed E-state index contributed by atoms with van der Waals surface area (Å²) >= 11 is 6.83. The van der Waals surface area contributed by atoms with Crippen molar-refractivity contribution >= 4 is 22.5 Å². The number of nitrogens with zero attached hydrogens (tertiary/aromatic N) is 5. The first-order chi connectivity index (χ1) is 19.7. The molecule has 0 bridgehead atoms. The molecule has 5 aromatic rings. The van der Waals surface area contributed by atoms with Crippen molar-refractivity contribution in [2.75, 3.05) is 7.11 Å². The maximum absolute atomic E-state index is 13.2. The van der Waals surface area contributed by atoms with E-state index in [9.17, 15) is 31.4 Å². The smallest absolute Gasteiger partial charge is 0.433 e. The monoisotopic (exact) mass is 607 g/mol. The number of methoxy groups -OCH3 is 1. The zero-order chi connectivity index (χ0) is 30.4. The van der Waals surface area contributed by atoms with Crippen LogP contribution in [0.1, 0.15) is 39.2 Å². The summed E-state index contributed by atoms with van der Waals surface area (Å²) in [5.74, 6) is 0.151. The molecule has 3 heterocycles. The molecule has 3 aromatic heterocycles. The highest BCUT2D eigenvalue weighted by Crippen LogP contribution is 2.41. The van der Waals surface area contributed by atoms with E-state index in [0.29, 0.717) is 22.0 Å². The third-order valence-electron chi connectivity index (χ3n) is 6.81. The minimum absolute atomic E-state index is 0.00261. The number of aromatic nitrogens is 5. The number of aryl methyl sites for hydroxylation is 1. The zero-order valence-electron chi connectivity index (χ0n) is 21.8. The molecule has 1 N–H and O–H groups in total. The van der Waals surface area contributed by atoms with Crippen LogP contribution in [-0.2, 0) is 31.4 Å². The number of hydrogen-bond acceptors (Lipinski definition) is 6. The van der Waals surface area contributed by atoms with Crippen LogP contribution in [0.25, 0.3) is 10.9 Å². The predicted octanol–water partition coefficient (Wildman–Crippen LogP) is 6.33. The molecule has 0 aliphatic carbocycles. The number of rotatable bonds is 6. The fourth-order valence-electron chi connectivity index (χ4n) is 4.66. The van der Waals surface area contributed by atoms with E-state index in [2.05, 4.69) is 20.3 Å². The largest absolute Gasteiger partial charge is 0.481 e. The van der Waals surface area contributed by atoms with E-state index in [1.54, 1.807) is 6.07 Å². The van der Waals surface area contributed by atoms with E-state index in [1.807, 2.05) is 0 Å². The Morgan fingerprint density at radius 2 is 1.55 bits per heavy atom. The molecule has 0 saturated carbocycles. The average molecular weight is 608 g/mol. The lowest BCUT2D eigenvalue weighted by Crippen LogP contribution is -2.32. The van der Waals surface area contributed by atoms with Gasteiger partial charge in [0, 0.05) is 36.2 Å². The van der Waals surface area contributed by atoms with Gasteiger partial charge in [-0.1, -0.05) is 41.1 Å². The second kappa shape index (κ2) is 10.6. The number of fused-ring (bicyclic) bond motifs is 1. The van der Waals surface area contributed by atoms with E-state index < -0.39 is 29.2 Å². The summed E-state index contributed by atoms with van der Waals surface area (Å²) in [4.78, 5) is 7.99. The Hall–Kier alpha value is -4.23. The van der Waals surface area contributed by atoms with Gasteiger partial charge in [0.1, 0.15) is 5.69 Å². The molecular formula is C28H20ClF6N5O2. The number of alkyl halides is 6. The lowest BCUT2D eigenvalue weighted by atomic mass is 9.83. The van der Waals surface area contributed by atoms with Crippen LogP contribution in [0.4, 0.5) is 26.3 Å². The van der Waals surface area contributed by atoms with Gasteiger partial charge in [0.25, 0.3) is 0 Å². The summed E-state index contributed by atoms with van der Waals surface area (Å²) in [5, 5.41) is 20.3. The molecule has 7 nitrogen and oxygen atoms in total. The Labute approximate surface area is 239 Å². The van der Waals surface area contributed by atoms with Gasteiger partial charge < -0.3 is 9.84 Å². The van der Waals surface area contributed by atoms with Crippen molar-refractivity contribution in [2.24, 2.45) is 7.05 Å². The average Bonchev–Trinajstić information content (AvgIpc) is 3.39. The topological polar surface area (TPSA) is 85.9 Å². The Kier molecular flexibility index (Phi) is 7.35. The summed E-state index contributed by atoms with van der Waals surface area (Å²) < 4.78 is 85.3. The van der Waals surface area contributed by atoms with Gasteiger partial charge in [-0.3, -0.25) is 4.98 Å². The molecular weight excluding hydrogens is 588 g/mol. The highest BCUT2D eigenvalue weighted by Gasteiger charge is 2.39. The van der Waals surface area contributed by atoms with Crippen molar-refractivity contribution in [1.82, 2.24) is 25.0 Å². The first kappa shape index (κ1) is 29.3. The van der Waals surface area contributed by atoms with E-state index in [4.69, 9.17) is 16.3 Å². The zero-order valence-corrected chi connectivity index (χ0v) is 22.6. The van der Waals surface area contributed by atoms with Crippen LogP contribution in [0.2, 0.25) is 5.02 Å². The molecule has 2 aromatic carbocycles. The fourth-order valence-corrected chi connectivity index (χ4v) is 4.96. The third kappa shape index (κ3) is 5.25. The predicted molar refractivity (Wildman–Crippen MR) is 140 cm³/mol. The third-order valence-corrected chi connectivity index (χ3v) is 7.24. The Balaban J connectivity index is 1.65. The van der Waals surface area contributed by atoms with Gasteiger partial charge in [-0.15, -0.1) is 5.10 Å². The molecule has 14 heteroatoms. The van der Waals surface area contributed by atoms with Crippen LogP contribution < -0.4 is 4.74 Å². The number of hydrogen-bond donors (Lipinski definition) is 1. The number of halogens is 7. The molecule has 0 aliphatic heterocycles. The Bertz CT molecular complexity index is 1750. The first-order valence-corrected chi connectivity index (χ1v) is 12.5. The summed E-state index contributed by atoms with van der Waals surface area (Å²) in [7, 11) is 2.88. The van der Waals surface area contributed by atoms with Crippen LogP contribution in [0.15, 0.2) is 67.0 Å². The van der Waals surface area contributed by atoms with E-state index in [0.717, 1.165) is 30.5 Å². The van der Waals surface area contributed by atoms with Crippen molar-refractivity contribution in [2.45, 2.75) is 24.4 Å².